The first kappa shape index (κ1) is 17.5. The Hall–Kier alpha value is -2.93. The second-order valence-electron chi connectivity index (χ2n) is 7.30. The summed E-state index contributed by atoms with van der Waals surface area (Å²) < 4.78 is 14.6. The van der Waals surface area contributed by atoms with E-state index in [4.69, 9.17) is 4.98 Å². The minimum Gasteiger partial charge on any atom is -0.269 e. The van der Waals surface area contributed by atoms with Gasteiger partial charge in [-0.3, -0.25) is 9.20 Å². The Morgan fingerprint density at radius 3 is 2.70 bits per heavy atom. The standard InChI is InChI=1S/C23H21FN2O/c1-16-4-2-3-5-21-20(14-16)23(27)26-13-12-18(15-22(26)25-21)7-6-17-8-10-19(24)11-9-17/h8-13,15-16H,2-5,14H2,1H3. The van der Waals surface area contributed by atoms with Gasteiger partial charge in [-0.15, -0.1) is 0 Å². The highest BCUT2D eigenvalue weighted by molar-refractivity contribution is 5.50. The van der Waals surface area contributed by atoms with Gasteiger partial charge in [-0.1, -0.05) is 31.6 Å². The Morgan fingerprint density at radius 1 is 1.11 bits per heavy atom. The van der Waals surface area contributed by atoms with Crippen molar-refractivity contribution >= 4 is 5.65 Å². The van der Waals surface area contributed by atoms with Crippen LogP contribution < -0.4 is 5.56 Å². The normalized spacial score (nSPS) is 16.7. The average molecular weight is 360 g/mol. The Morgan fingerprint density at radius 2 is 1.89 bits per heavy atom. The fourth-order valence-corrected chi connectivity index (χ4v) is 3.62. The van der Waals surface area contributed by atoms with E-state index in [0.29, 0.717) is 11.6 Å². The molecule has 3 aromatic rings. The molecule has 1 unspecified atom stereocenters. The van der Waals surface area contributed by atoms with Crippen molar-refractivity contribution in [3.05, 3.63) is 81.2 Å². The molecular formula is C23H21FN2O. The Balaban J connectivity index is 1.74. The van der Waals surface area contributed by atoms with Gasteiger partial charge in [0.1, 0.15) is 11.5 Å². The number of pyridine rings is 1. The van der Waals surface area contributed by atoms with Crippen LogP contribution in [-0.2, 0) is 12.8 Å². The monoisotopic (exact) mass is 360 g/mol. The van der Waals surface area contributed by atoms with Gasteiger partial charge in [-0.2, -0.15) is 0 Å². The van der Waals surface area contributed by atoms with Crippen LogP contribution in [0.15, 0.2) is 47.4 Å². The van der Waals surface area contributed by atoms with E-state index in [1.165, 1.54) is 25.0 Å². The largest absolute Gasteiger partial charge is 0.269 e. The fraction of sp³-hybridized carbons (Fsp3) is 0.304. The lowest BCUT2D eigenvalue weighted by atomic mass is 9.90. The lowest BCUT2D eigenvalue weighted by Gasteiger charge is -2.18. The molecule has 1 aliphatic carbocycles. The molecule has 136 valence electrons. The van der Waals surface area contributed by atoms with E-state index >= 15 is 0 Å². The molecule has 3 nitrogen and oxygen atoms in total. The zero-order valence-electron chi connectivity index (χ0n) is 15.3. The molecule has 2 aromatic heterocycles. The SMILES string of the molecule is CC1CCCCc2nc3cc(C#Cc4ccc(F)cc4)ccn3c(=O)c2C1. The van der Waals surface area contributed by atoms with Crippen LogP contribution in [0.2, 0.25) is 0 Å². The molecule has 0 radical (unpaired) electrons. The van der Waals surface area contributed by atoms with E-state index in [2.05, 4.69) is 18.8 Å². The molecule has 1 aliphatic rings. The molecule has 4 rings (SSSR count). The molecule has 0 aliphatic heterocycles. The number of hydrogen-bond acceptors (Lipinski definition) is 2. The minimum atomic E-state index is -0.277. The van der Waals surface area contributed by atoms with Crippen molar-refractivity contribution in [3.63, 3.8) is 0 Å². The fourth-order valence-electron chi connectivity index (χ4n) is 3.62. The molecule has 0 N–H and O–H groups in total. The lowest BCUT2D eigenvalue weighted by molar-refractivity contribution is 0.474. The summed E-state index contributed by atoms with van der Waals surface area (Å²) in [4.78, 5) is 17.7. The summed E-state index contributed by atoms with van der Waals surface area (Å²) in [6.45, 7) is 2.21. The van der Waals surface area contributed by atoms with Crippen LogP contribution >= 0.6 is 0 Å². The van der Waals surface area contributed by atoms with E-state index in [9.17, 15) is 9.18 Å². The third kappa shape index (κ3) is 3.78. The first-order valence-corrected chi connectivity index (χ1v) is 9.42. The number of aromatic nitrogens is 2. The number of rotatable bonds is 0. The number of nitrogens with zero attached hydrogens (tertiary/aromatic N) is 2. The van der Waals surface area contributed by atoms with E-state index in [-0.39, 0.29) is 11.4 Å². The van der Waals surface area contributed by atoms with Crippen LogP contribution in [0.3, 0.4) is 0 Å². The van der Waals surface area contributed by atoms with E-state index in [1.54, 1.807) is 22.7 Å². The second kappa shape index (κ2) is 7.36. The second-order valence-corrected chi connectivity index (χ2v) is 7.30. The van der Waals surface area contributed by atoms with Crippen molar-refractivity contribution in [1.29, 1.82) is 0 Å². The highest BCUT2D eigenvalue weighted by Gasteiger charge is 2.18. The molecule has 0 bridgehead atoms. The molecule has 0 spiro atoms. The molecule has 1 atom stereocenters. The summed E-state index contributed by atoms with van der Waals surface area (Å²) in [7, 11) is 0. The molecule has 1 aromatic carbocycles. The molecule has 0 fully saturated rings. The minimum absolute atomic E-state index is 0.0433. The Bertz CT molecular complexity index is 1100. The summed E-state index contributed by atoms with van der Waals surface area (Å²) in [5.74, 6) is 6.33. The highest BCUT2D eigenvalue weighted by Crippen LogP contribution is 2.21. The van der Waals surface area contributed by atoms with Gasteiger partial charge in [-0.05, 0) is 61.6 Å². The van der Waals surface area contributed by atoms with Gasteiger partial charge in [0.25, 0.3) is 5.56 Å². The van der Waals surface area contributed by atoms with Crippen molar-refractivity contribution in [1.82, 2.24) is 9.38 Å². The molecule has 27 heavy (non-hydrogen) atoms. The van der Waals surface area contributed by atoms with Crippen molar-refractivity contribution in [2.24, 2.45) is 5.92 Å². The number of aryl methyl sites for hydroxylation is 1. The van der Waals surface area contributed by atoms with Crippen molar-refractivity contribution in [3.8, 4) is 11.8 Å². The first-order chi connectivity index (χ1) is 13.1. The van der Waals surface area contributed by atoms with Crippen molar-refractivity contribution < 1.29 is 4.39 Å². The van der Waals surface area contributed by atoms with Gasteiger partial charge in [0, 0.05) is 22.9 Å². The van der Waals surface area contributed by atoms with Crippen LogP contribution in [0.25, 0.3) is 5.65 Å². The van der Waals surface area contributed by atoms with Crippen LogP contribution in [0.4, 0.5) is 4.39 Å². The van der Waals surface area contributed by atoms with Gasteiger partial charge in [0.15, 0.2) is 0 Å². The molecule has 2 heterocycles. The van der Waals surface area contributed by atoms with E-state index < -0.39 is 0 Å². The molecule has 0 saturated carbocycles. The third-order valence-corrected chi connectivity index (χ3v) is 5.12. The van der Waals surface area contributed by atoms with Gasteiger partial charge in [-0.25, -0.2) is 9.37 Å². The van der Waals surface area contributed by atoms with Crippen molar-refractivity contribution in [2.75, 3.05) is 0 Å². The number of hydrogen-bond donors (Lipinski definition) is 0. The molecule has 4 heteroatoms. The zero-order chi connectivity index (χ0) is 18.8. The van der Waals surface area contributed by atoms with Gasteiger partial charge < -0.3 is 0 Å². The van der Waals surface area contributed by atoms with Crippen LogP contribution in [-0.4, -0.2) is 9.38 Å². The average Bonchev–Trinajstić information content (AvgIpc) is 2.65. The Kier molecular flexibility index (Phi) is 4.77. The quantitative estimate of drug-likeness (QED) is 0.565. The molecule has 0 saturated heterocycles. The van der Waals surface area contributed by atoms with Crippen molar-refractivity contribution in [2.45, 2.75) is 39.0 Å². The highest BCUT2D eigenvalue weighted by atomic mass is 19.1. The van der Waals surface area contributed by atoms with Gasteiger partial charge in [0.05, 0.1) is 5.69 Å². The van der Waals surface area contributed by atoms with Crippen LogP contribution in [0.1, 0.15) is 48.6 Å². The molecule has 0 amide bonds. The summed E-state index contributed by atoms with van der Waals surface area (Å²) >= 11 is 0. The van der Waals surface area contributed by atoms with Gasteiger partial charge >= 0.3 is 0 Å². The van der Waals surface area contributed by atoms with Gasteiger partial charge in [0.2, 0.25) is 0 Å². The lowest BCUT2D eigenvalue weighted by Crippen LogP contribution is -2.25. The van der Waals surface area contributed by atoms with Crippen LogP contribution in [0.5, 0.6) is 0 Å². The maximum absolute atomic E-state index is 13.0. The number of fused-ring (bicyclic) bond motifs is 2. The third-order valence-electron chi connectivity index (χ3n) is 5.12. The predicted molar refractivity (Wildman–Crippen MR) is 104 cm³/mol. The van der Waals surface area contributed by atoms with Crippen LogP contribution in [0, 0.1) is 23.6 Å². The summed E-state index contributed by atoms with van der Waals surface area (Å²) in [5.41, 5.74) is 4.01. The maximum Gasteiger partial charge on any atom is 0.261 e. The summed E-state index contributed by atoms with van der Waals surface area (Å²) in [6.07, 6.45) is 6.84. The smallest absolute Gasteiger partial charge is 0.261 e. The topological polar surface area (TPSA) is 34.4 Å². The number of halogens is 1. The maximum atomic E-state index is 13.0. The Labute approximate surface area is 157 Å². The first-order valence-electron chi connectivity index (χ1n) is 9.42. The summed E-state index contributed by atoms with van der Waals surface area (Å²) in [5, 5.41) is 0. The number of benzene rings is 1. The summed E-state index contributed by atoms with van der Waals surface area (Å²) in [6, 6.07) is 9.76. The predicted octanol–water partition coefficient (Wildman–Crippen LogP) is 4.14. The molecular weight excluding hydrogens is 339 g/mol. The van der Waals surface area contributed by atoms with E-state index in [1.807, 2.05) is 12.1 Å². The zero-order valence-corrected chi connectivity index (χ0v) is 15.3. The van der Waals surface area contributed by atoms with E-state index in [0.717, 1.165) is 41.6 Å².